The number of carbonyl (C=O) groups excluding carboxylic acids is 1. The van der Waals surface area contributed by atoms with Crippen LogP contribution in [0.4, 0.5) is 14.5 Å². The van der Waals surface area contributed by atoms with Crippen LogP contribution in [0.1, 0.15) is 12.5 Å². The van der Waals surface area contributed by atoms with E-state index in [1.165, 1.54) is 12.1 Å². The summed E-state index contributed by atoms with van der Waals surface area (Å²) in [7, 11) is 0. The second-order valence-electron chi connectivity index (χ2n) is 4.75. The zero-order valence-corrected chi connectivity index (χ0v) is 12.8. The van der Waals surface area contributed by atoms with Crippen LogP contribution in [0.2, 0.25) is 0 Å². The fraction of sp³-hybridized carbons (Fsp3) is 0.111. The molecule has 0 aliphatic carbocycles. The zero-order chi connectivity index (χ0) is 17.5. The summed E-state index contributed by atoms with van der Waals surface area (Å²) in [5.41, 5.74) is 0.470. The number of nitriles is 1. The molecule has 0 saturated heterocycles. The van der Waals surface area contributed by atoms with Gasteiger partial charge in [0.05, 0.1) is 6.61 Å². The van der Waals surface area contributed by atoms with Gasteiger partial charge in [-0.3, -0.25) is 4.79 Å². The Hall–Kier alpha value is -3.20. The molecule has 0 saturated carbocycles. The van der Waals surface area contributed by atoms with Gasteiger partial charge in [0.1, 0.15) is 17.4 Å². The van der Waals surface area contributed by atoms with Gasteiger partial charge in [0, 0.05) is 5.69 Å². The molecule has 2 aromatic carbocycles. The first-order chi connectivity index (χ1) is 11.5. The molecular weight excluding hydrogens is 314 g/mol. The first kappa shape index (κ1) is 17.2. The number of ether oxygens (including phenoxy) is 1. The van der Waals surface area contributed by atoms with Crippen molar-refractivity contribution in [3.63, 3.8) is 0 Å². The molecule has 2 rings (SSSR count). The molecule has 1 amide bonds. The first-order valence-corrected chi connectivity index (χ1v) is 7.14. The van der Waals surface area contributed by atoms with Crippen molar-refractivity contribution in [3.8, 4) is 11.8 Å². The molecule has 0 aliphatic rings. The summed E-state index contributed by atoms with van der Waals surface area (Å²) in [6.45, 7) is 2.39. The number of hydrogen-bond donors (Lipinski definition) is 1. The second kappa shape index (κ2) is 7.88. The van der Waals surface area contributed by atoms with Crippen LogP contribution in [-0.2, 0) is 4.79 Å². The molecular formula is C18H14F2N2O2. The monoisotopic (exact) mass is 328 g/mol. The number of hydrogen-bond acceptors (Lipinski definition) is 3. The predicted molar refractivity (Wildman–Crippen MR) is 86.2 cm³/mol. The lowest BCUT2D eigenvalue weighted by Crippen LogP contribution is -2.13. The van der Waals surface area contributed by atoms with Crippen LogP contribution in [0.5, 0.6) is 5.75 Å². The molecule has 0 heterocycles. The molecule has 0 bridgehead atoms. The number of amides is 1. The van der Waals surface area contributed by atoms with Crippen LogP contribution in [0, 0.1) is 23.0 Å². The number of nitrogens with zero attached hydrogens (tertiary/aromatic N) is 1. The molecule has 0 aromatic heterocycles. The van der Waals surface area contributed by atoms with Crippen LogP contribution < -0.4 is 10.1 Å². The Morgan fingerprint density at radius 2 is 1.92 bits per heavy atom. The third-order valence-electron chi connectivity index (χ3n) is 3.04. The third kappa shape index (κ3) is 4.40. The molecule has 4 nitrogen and oxygen atoms in total. The Morgan fingerprint density at radius 1 is 1.21 bits per heavy atom. The number of halogens is 2. The summed E-state index contributed by atoms with van der Waals surface area (Å²) in [6, 6.07) is 11.5. The van der Waals surface area contributed by atoms with Crippen LogP contribution in [-0.4, -0.2) is 12.5 Å². The Bertz CT molecular complexity index is 809. The Balaban J connectivity index is 2.15. The van der Waals surface area contributed by atoms with E-state index >= 15 is 0 Å². The van der Waals surface area contributed by atoms with E-state index in [4.69, 9.17) is 10.00 Å². The quantitative estimate of drug-likeness (QED) is 0.668. The van der Waals surface area contributed by atoms with Crippen LogP contribution in [0.25, 0.3) is 6.08 Å². The van der Waals surface area contributed by atoms with E-state index in [0.717, 1.165) is 12.1 Å². The maximum Gasteiger partial charge on any atom is 0.266 e. The maximum atomic E-state index is 13.2. The summed E-state index contributed by atoms with van der Waals surface area (Å²) in [4.78, 5) is 12.1. The lowest BCUT2D eigenvalue weighted by Gasteiger charge is -2.06. The normalized spacial score (nSPS) is 10.8. The Labute approximate surface area is 138 Å². The topological polar surface area (TPSA) is 62.1 Å². The van der Waals surface area contributed by atoms with E-state index in [2.05, 4.69) is 5.32 Å². The lowest BCUT2D eigenvalue weighted by atomic mass is 10.1. The summed E-state index contributed by atoms with van der Waals surface area (Å²) >= 11 is 0. The van der Waals surface area contributed by atoms with Gasteiger partial charge in [-0.1, -0.05) is 6.07 Å². The average Bonchev–Trinajstić information content (AvgIpc) is 2.57. The minimum atomic E-state index is -1.05. The van der Waals surface area contributed by atoms with Crippen molar-refractivity contribution >= 4 is 17.7 Å². The van der Waals surface area contributed by atoms with Crippen molar-refractivity contribution in [2.75, 3.05) is 11.9 Å². The molecule has 0 atom stereocenters. The third-order valence-corrected chi connectivity index (χ3v) is 3.04. The smallest absolute Gasteiger partial charge is 0.266 e. The number of anilines is 1. The van der Waals surface area contributed by atoms with Gasteiger partial charge in [0.25, 0.3) is 5.91 Å². The molecule has 0 unspecified atom stereocenters. The number of rotatable bonds is 5. The zero-order valence-electron chi connectivity index (χ0n) is 12.8. The van der Waals surface area contributed by atoms with Gasteiger partial charge in [0.2, 0.25) is 0 Å². The van der Waals surface area contributed by atoms with E-state index in [-0.39, 0.29) is 11.1 Å². The first-order valence-electron chi connectivity index (χ1n) is 7.14. The van der Waals surface area contributed by atoms with Crippen LogP contribution >= 0.6 is 0 Å². The highest BCUT2D eigenvalue weighted by Gasteiger charge is 2.10. The van der Waals surface area contributed by atoms with Crippen LogP contribution in [0.15, 0.2) is 48.0 Å². The van der Waals surface area contributed by atoms with Gasteiger partial charge < -0.3 is 10.1 Å². The average molecular weight is 328 g/mol. The molecule has 6 heteroatoms. The van der Waals surface area contributed by atoms with Gasteiger partial charge in [-0.05, 0) is 55.0 Å². The minimum absolute atomic E-state index is 0.215. The number of benzene rings is 2. The van der Waals surface area contributed by atoms with Gasteiger partial charge in [-0.15, -0.1) is 0 Å². The van der Waals surface area contributed by atoms with Crippen molar-refractivity contribution in [1.82, 2.24) is 0 Å². The van der Waals surface area contributed by atoms with Crippen molar-refractivity contribution in [1.29, 1.82) is 5.26 Å². The summed E-state index contributed by atoms with van der Waals surface area (Å²) < 4.78 is 31.4. The summed E-state index contributed by atoms with van der Waals surface area (Å²) in [6.07, 6.45) is 1.19. The maximum absolute atomic E-state index is 13.2. The fourth-order valence-corrected chi connectivity index (χ4v) is 1.92. The summed E-state index contributed by atoms with van der Waals surface area (Å²) in [5, 5.41) is 11.7. The molecule has 2 aromatic rings. The van der Waals surface area contributed by atoms with Gasteiger partial charge in [-0.25, -0.2) is 8.78 Å². The van der Waals surface area contributed by atoms with Crippen molar-refractivity contribution in [3.05, 3.63) is 65.2 Å². The molecule has 0 aliphatic heterocycles. The number of nitrogens with one attached hydrogen (secondary N) is 1. The highest BCUT2D eigenvalue weighted by atomic mass is 19.2. The minimum Gasteiger partial charge on any atom is -0.494 e. The standard InChI is InChI=1S/C18H14F2N2O2/c1-2-24-15-6-4-14(5-7-15)22-18(23)13(11-21)9-12-3-8-16(19)17(20)10-12/h3-10H,2H2,1H3,(H,22,23)/b13-9-. The second-order valence-corrected chi connectivity index (χ2v) is 4.75. The van der Waals surface area contributed by atoms with E-state index in [0.29, 0.717) is 18.0 Å². The molecule has 122 valence electrons. The van der Waals surface area contributed by atoms with Gasteiger partial charge in [0.15, 0.2) is 11.6 Å². The number of carbonyl (C=O) groups is 1. The SMILES string of the molecule is CCOc1ccc(NC(=O)/C(C#N)=C\c2ccc(F)c(F)c2)cc1. The van der Waals surface area contributed by atoms with E-state index in [9.17, 15) is 13.6 Å². The highest BCUT2D eigenvalue weighted by Crippen LogP contribution is 2.17. The predicted octanol–water partition coefficient (Wildman–Crippen LogP) is 3.91. The lowest BCUT2D eigenvalue weighted by molar-refractivity contribution is -0.112. The van der Waals surface area contributed by atoms with Gasteiger partial charge >= 0.3 is 0 Å². The van der Waals surface area contributed by atoms with Crippen LogP contribution in [0.3, 0.4) is 0 Å². The molecule has 0 radical (unpaired) electrons. The van der Waals surface area contributed by atoms with Crippen molar-refractivity contribution in [2.24, 2.45) is 0 Å². The Kier molecular flexibility index (Phi) is 5.63. The van der Waals surface area contributed by atoms with E-state index in [1.54, 1.807) is 30.3 Å². The Morgan fingerprint density at radius 3 is 2.50 bits per heavy atom. The van der Waals surface area contributed by atoms with Crippen molar-refractivity contribution < 1.29 is 18.3 Å². The molecule has 1 N–H and O–H groups in total. The largest absolute Gasteiger partial charge is 0.494 e. The molecule has 0 fully saturated rings. The molecule has 24 heavy (non-hydrogen) atoms. The fourth-order valence-electron chi connectivity index (χ4n) is 1.92. The highest BCUT2D eigenvalue weighted by molar-refractivity contribution is 6.09. The van der Waals surface area contributed by atoms with E-state index < -0.39 is 17.5 Å². The summed E-state index contributed by atoms with van der Waals surface area (Å²) in [5.74, 6) is -2.03. The molecule has 0 spiro atoms. The van der Waals surface area contributed by atoms with E-state index in [1.807, 2.05) is 6.92 Å². The van der Waals surface area contributed by atoms with Crippen molar-refractivity contribution in [2.45, 2.75) is 6.92 Å². The van der Waals surface area contributed by atoms with Gasteiger partial charge in [-0.2, -0.15) is 5.26 Å².